The van der Waals surface area contributed by atoms with Gasteiger partial charge in [0.2, 0.25) is 0 Å². The van der Waals surface area contributed by atoms with Gasteiger partial charge < -0.3 is 4.90 Å². The van der Waals surface area contributed by atoms with Crippen molar-refractivity contribution < 1.29 is 0 Å². The molecule has 1 aromatic heterocycles. The van der Waals surface area contributed by atoms with E-state index < -0.39 is 5.41 Å². The maximum Gasteiger partial charge on any atom is 0.0695 e. The molecule has 0 amide bonds. The van der Waals surface area contributed by atoms with E-state index in [9.17, 15) is 0 Å². The van der Waals surface area contributed by atoms with Gasteiger partial charge in [0.15, 0.2) is 0 Å². The summed E-state index contributed by atoms with van der Waals surface area (Å²) >= 11 is 1.89. The Balaban J connectivity index is 1.03. The third-order valence-electron chi connectivity index (χ3n) is 13.8. The monoisotopic (exact) mass is 819 g/mol. The Morgan fingerprint density at radius 3 is 1.68 bits per heavy atom. The Hall–Kier alpha value is -7.52. The van der Waals surface area contributed by atoms with E-state index in [1.165, 1.54) is 104 Å². The maximum atomic E-state index is 2.54. The summed E-state index contributed by atoms with van der Waals surface area (Å²) in [5.41, 5.74) is 21.6. The van der Waals surface area contributed by atoms with Crippen molar-refractivity contribution >= 4 is 48.5 Å². The second-order valence-electron chi connectivity index (χ2n) is 17.0. The van der Waals surface area contributed by atoms with E-state index in [-0.39, 0.29) is 0 Å². The van der Waals surface area contributed by atoms with Crippen LogP contribution in [0.25, 0.3) is 70.3 Å². The van der Waals surface area contributed by atoms with E-state index in [1.54, 1.807) is 0 Å². The van der Waals surface area contributed by atoms with Gasteiger partial charge in [0.25, 0.3) is 0 Å². The summed E-state index contributed by atoms with van der Waals surface area (Å²) in [6.07, 6.45) is 4.43. The van der Waals surface area contributed by atoms with Gasteiger partial charge in [-0.15, -0.1) is 11.3 Å². The number of nitrogens with zero attached hydrogens (tertiary/aromatic N) is 1. The molecule has 0 aliphatic heterocycles. The predicted molar refractivity (Wildman–Crippen MR) is 267 cm³/mol. The highest BCUT2D eigenvalue weighted by Crippen LogP contribution is 2.66. The van der Waals surface area contributed by atoms with Crippen molar-refractivity contribution in [2.45, 2.75) is 18.3 Å². The fraction of sp³-hybridized carbons (Fsp3) is 0.0492. The summed E-state index contributed by atoms with van der Waals surface area (Å²) in [5.74, 6) is 0. The third kappa shape index (κ3) is 5.35. The summed E-state index contributed by atoms with van der Waals surface area (Å²) in [6, 6.07) is 81.3. The lowest BCUT2D eigenvalue weighted by Gasteiger charge is -2.36. The highest BCUT2D eigenvalue weighted by atomic mass is 32.1. The molecule has 0 radical (unpaired) electrons. The molecule has 2 heteroatoms. The largest absolute Gasteiger partial charge is 0.310 e. The molecule has 296 valence electrons. The SMILES string of the molecule is C1=C(N(c2ccc(-c3ccccc3)cc2)c2ccc(-c3cccc4c3sc3ccccc34)cc2)C2=C(CC1)C1(c3ccccc32)c2ccccc2-c2cccc(-c3ccccc3)c21. The van der Waals surface area contributed by atoms with Gasteiger partial charge in [-0.05, 0) is 116 Å². The predicted octanol–water partition coefficient (Wildman–Crippen LogP) is 16.7. The Morgan fingerprint density at radius 1 is 0.397 bits per heavy atom. The second-order valence-corrected chi connectivity index (χ2v) is 18.0. The van der Waals surface area contributed by atoms with Crippen LogP contribution in [-0.4, -0.2) is 0 Å². The Morgan fingerprint density at radius 2 is 0.921 bits per heavy atom. The van der Waals surface area contributed by atoms with Gasteiger partial charge in [0.05, 0.1) is 11.1 Å². The highest BCUT2D eigenvalue weighted by molar-refractivity contribution is 7.26. The normalized spacial score (nSPS) is 15.9. The van der Waals surface area contributed by atoms with E-state index in [1.807, 2.05) is 11.3 Å². The molecule has 1 unspecified atom stereocenters. The molecule has 10 aromatic rings. The first kappa shape index (κ1) is 36.2. The van der Waals surface area contributed by atoms with E-state index in [4.69, 9.17) is 0 Å². The average molecular weight is 820 g/mol. The highest BCUT2D eigenvalue weighted by Gasteiger charge is 2.55. The first-order valence-electron chi connectivity index (χ1n) is 22.1. The average Bonchev–Trinajstić information content (AvgIpc) is 4.00. The Bertz CT molecular complexity index is 3480. The van der Waals surface area contributed by atoms with Crippen LogP contribution in [0.1, 0.15) is 35.1 Å². The van der Waals surface area contributed by atoms with Crippen LogP contribution in [0.2, 0.25) is 0 Å². The van der Waals surface area contributed by atoms with Crippen LogP contribution in [-0.2, 0) is 5.41 Å². The van der Waals surface area contributed by atoms with Crippen LogP contribution < -0.4 is 4.90 Å². The minimum absolute atomic E-state index is 0.431. The molecule has 9 aromatic carbocycles. The Kier molecular flexibility index (Phi) is 8.19. The number of fused-ring (bicyclic) bond motifs is 12. The zero-order chi connectivity index (χ0) is 41.5. The quantitative estimate of drug-likeness (QED) is 0.162. The molecule has 0 saturated heterocycles. The molecule has 0 N–H and O–H groups in total. The summed E-state index contributed by atoms with van der Waals surface area (Å²) in [5, 5.41) is 2.65. The van der Waals surface area contributed by atoms with Gasteiger partial charge in [-0.3, -0.25) is 0 Å². The number of anilines is 2. The van der Waals surface area contributed by atoms with Gasteiger partial charge in [-0.2, -0.15) is 0 Å². The molecule has 0 bridgehead atoms. The van der Waals surface area contributed by atoms with Gasteiger partial charge in [0, 0.05) is 37.1 Å². The third-order valence-corrected chi connectivity index (χ3v) is 15.0. The lowest BCUT2D eigenvalue weighted by molar-refractivity contribution is 0.713. The maximum absolute atomic E-state index is 2.54. The molecule has 3 aliphatic carbocycles. The van der Waals surface area contributed by atoms with E-state index in [0.29, 0.717) is 0 Å². The number of benzene rings is 9. The van der Waals surface area contributed by atoms with Crippen LogP contribution in [0, 0.1) is 0 Å². The Labute approximate surface area is 372 Å². The zero-order valence-corrected chi connectivity index (χ0v) is 35.4. The lowest BCUT2D eigenvalue weighted by Crippen LogP contribution is -2.29. The van der Waals surface area contributed by atoms with E-state index in [0.717, 1.165) is 24.2 Å². The lowest BCUT2D eigenvalue weighted by atomic mass is 9.66. The molecule has 3 aliphatic rings. The molecule has 1 nitrogen and oxygen atoms in total. The second kappa shape index (κ2) is 14.3. The molecule has 1 spiro atoms. The topological polar surface area (TPSA) is 3.24 Å². The van der Waals surface area contributed by atoms with Crippen LogP contribution in [0.3, 0.4) is 0 Å². The van der Waals surface area contributed by atoms with Gasteiger partial charge >= 0.3 is 0 Å². The van der Waals surface area contributed by atoms with Crippen molar-refractivity contribution in [2.24, 2.45) is 0 Å². The van der Waals surface area contributed by atoms with Crippen molar-refractivity contribution in [3.63, 3.8) is 0 Å². The number of allylic oxidation sites excluding steroid dienone is 3. The standard InChI is InChI=1S/C61H41NS/c1-3-16-40(17-4-1)41-32-36-44(37-33-41)62(45-38-34-43(35-39-45)47-24-14-26-51-49-21-9-12-31-57(49)63-60(47)51)56-30-15-29-55-58(56)52-22-8-11-28-54(52)61(55)53-27-10-7-20-48(53)50-25-13-23-46(59(50)61)42-18-5-2-6-19-42/h1-14,16-28,30-39H,15,29H2. The molecule has 1 atom stereocenters. The van der Waals surface area contributed by atoms with Crippen molar-refractivity contribution in [1.29, 1.82) is 0 Å². The summed E-state index contributed by atoms with van der Waals surface area (Å²) in [4.78, 5) is 2.54. The number of hydrogen-bond donors (Lipinski definition) is 0. The molecule has 63 heavy (non-hydrogen) atoms. The molecule has 0 fully saturated rings. The summed E-state index contributed by atoms with van der Waals surface area (Å²) in [7, 11) is 0. The first-order valence-corrected chi connectivity index (χ1v) is 22.9. The van der Waals surface area contributed by atoms with Gasteiger partial charge in [0.1, 0.15) is 0 Å². The number of hydrogen-bond acceptors (Lipinski definition) is 2. The molecular weight excluding hydrogens is 779 g/mol. The smallest absolute Gasteiger partial charge is 0.0695 e. The number of rotatable bonds is 6. The van der Waals surface area contributed by atoms with Crippen LogP contribution in [0.5, 0.6) is 0 Å². The number of thiophene rings is 1. The van der Waals surface area contributed by atoms with Crippen molar-refractivity contribution in [1.82, 2.24) is 0 Å². The van der Waals surface area contributed by atoms with Gasteiger partial charge in [-0.25, -0.2) is 0 Å². The van der Waals surface area contributed by atoms with E-state index >= 15 is 0 Å². The van der Waals surface area contributed by atoms with Crippen molar-refractivity contribution in [3.8, 4) is 44.5 Å². The van der Waals surface area contributed by atoms with Crippen molar-refractivity contribution in [3.05, 3.63) is 258 Å². The minimum atomic E-state index is -0.431. The first-order chi connectivity index (χ1) is 31.3. The van der Waals surface area contributed by atoms with E-state index in [2.05, 4.69) is 229 Å². The van der Waals surface area contributed by atoms with Crippen LogP contribution >= 0.6 is 11.3 Å². The van der Waals surface area contributed by atoms with Crippen LogP contribution in [0.15, 0.2) is 236 Å². The molecule has 0 saturated carbocycles. The zero-order valence-electron chi connectivity index (χ0n) is 34.6. The fourth-order valence-electron chi connectivity index (χ4n) is 11.2. The van der Waals surface area contributed by atoms with Gasteiger partial charge in [-0.1, -0.05) is 194 Å². The van der Waals surface area contributed by atoms with Crippen molar-refractivity contribution in [2.75, 3.05) is 4.90 Å². The molecule has 1 heterocycles. The fourth-order valence-corrected chi connectivity index (χ4v) is 12.5. The molecule has 13 rings (SSSR count). The van der Waals surface area contributed by atoms with Crippen LogP contribution in [0.4, 0.5) is 11.4 Å². The molecular formula is C61H41NS. The summed E-state index contributed by atoms with van der Waals surface area (Å²) in [6.45, 7) is 0. The summed E-state index contributed by atoms with van der Waals surface area (Å²) < 4.78 is 2.66. The minimum Gasteiger partial charge on any atom is -0.310 e.